The van der Waals surface area contributed by atoms with E-state index in [-0.39, 0.29) is 37.4 Å². The third-order valence-corrected chi connectivity index (χ3v) is 3.66. The van der Waals surface area contributed by atoms with Crippen molar-refractivity contribution in [2.45, 2.75) is 25.7 Å². The number of Topliss-reactive ketones (excluding diaryl/α,β-unsaturated/α-hetero) is 2. The molecule has 0 heterocycles. The molecule has 4 N–H and O–H groups in total. The molecule has 0 radical (unpaired) electrons. The molecule has 0 bridgehead atoms. The van der Waals surface area contributed by atoms with E-state index in [1.54, 1.807) is 12.2 Å². The lowest BCUT2D eigenvalue weighted by atomic mass is 9.83. The first-order valence-corrected chi connectivity index (χ1v) is 6.73. The SMILES string of the molecule is NCC(=O)C1CC=C[C@H]1C(=O)C[C@@H](CCC(=O)O)C(=O)O. The number of aliphatic carboxylic acids is 2. The number of nitrogens with two attached hydrogens (primary N) is 1. The Morgan fingerprint density at radius 1 is 1.19 bits per heavy atom. The van der Waals surface area contributed by atoms with Gasteiger partial charge in [-0.05, 0) is 12.8 Å². The van der Waals surface area contributed by atoms with Crippen LogP contribution in [0.2, 0.25) is 0 Å². The van der Waals surface area contributed by atoms with Crippen LogP contribution in [0.1, 0.15) is 25.7 Å². The van der Waals surface area contributed by atoms with Gasteiger partial charge in [-0.3, -0.25) is 19.2 Å². The fraction of sp³-hybridized carbons (Fsp3) is 0.571. The largest absolute Gasteiger partial charge is 0.481 e. The summed E-state index contributed by atoms with van der Waals surface area (Å²) in [5, 5.41) is 17.6. The predicted molar refractivity (Wildman–Crippen MR) is 72.4 cm³/mol. The van der Waals surface area contributed by atoms with Crippen LogP contribution in [0.15, 0.2) is 12.2 Å². The molecule has 0 aromatic heterocycles. The predicted octanol–water partition coefficient (Wildman–Crippen LogP) is 0.231. The number of carbonyl (C=O) groups is 4. The van der Waals surface area contributed by atoms with Crippen LogP contribution in [0.3, 0.4) is 0 Å². The molecule has 7 heteroatoms. The highest BCUT2D eigenvalue weighted by Gasteiger charge is 2.35. The number of hydrogen-bond donors (Lipinski definition) is 3. The Morgan fingerprint density at radius 2 is 1.86 bits per heavy atom. The summed E-state index contributed by atoms with van der Waals surface area (Å²) >= 11 is 0. The molecule has 0 aromatic carbocycles. The Balaban J connectivity index is 2.68. The maximum atomic E-state index is 12.2. The van der Waals surface area contributed by atoms with E-state index in [1.165, 1.54) is 0 Å². The number of carboxylic acid groups (broad SMARTS) is 2. The Labute approximate surface area is 121 Å². The van der Waals surface area contributed by atoms with Gasteiger partial charge in [0.1, 0.15) is 5.78 Å². The molecule has 0 saturated carbocycles. The lowest BCUT2D eigenvalue weighted by Gasteiger charge is -2.18. The fourth-order valence-electron chi connectivity index (χ4n) is 2.46. The molecule has 1 unspecified atom stereocenters. The van der Waals surface area contributed by atoms with Crippen molar-refractivity contribution in [2.24, 2.45) is 23.5 Å². The van der Waals surface area contributed by atoms with Crippen molar-refractivity contribution in [3.63, 3.8) is 0 Å². The molecular weight excluding hydrogens is 278 g/mol. The second kappa shape index (κ2) is 7.68. The lowest BCUT2D eigenvalue weighted by molar-refractivity contribution is -0.145. The average molecular weight is 297 g/mol. The van der Waals surface area contributed by atoms with Crippen LogP contribution in [0, 0.1) is 17.8 Å². The van der Waals surface area contributed by atoms with E-state index >= 15 is 0 Å². The molecule has 1 aliphatic rings. The van der Waals surface area contributed by atoms with Gasteiger partial charge >= 0.3 is 11.9 Å². The first-order valence-electron chi connectivity index (χ1n) is 6.73. The maximum Gasteiger partial charge on any atom is 0.306 e. The van der Waals surface area contributed by atoms with E-state index in [0.717, 1.165) is 0 Å². The van der Waals surface area contributed by atoms with Crippen LogP contribution in [0.25, 0.3) is 0 Å². The van der Waals surface area contributed by atoms with Gasteiger partial charge in [0.2, 0.25) is 0 Å². The molecule has 21 heavy (non-hydrogen) atoms. The molecule has 0 saturated heterocycles. The van der Waals surface area contributed by atoms with E-state index in [0.29, 0.717) is 6.42 Å². The van der Waals surface area contributed by atoms with Crippen molar-refractivity contribution in [1.29, 1.82) is 0 Å². The Bertz CT molecular complexity index is 470. The Hall–Kier alpha value is -2.02. The second-order valence-electron chi connectivity index (χ2n) is 5.10. The van der Waals surface area contributed by atoms with Gasteiger partial charge in [0.25, 0.3) is 0 Å². The maximum absolute atomic E-state index is 12.2. The Kier molecular flexibility index (Phi) is 6.23. The topological polar surface area (TPSA) is 135 Å². The molecule has 0 aliphatic heterocycles. The van der Waals surface area contributed by atoms with E-state index < -0.39 is 29.7 Å². The summed E-state index contributed by atoms with van der Waals surface area (Å²) in [6.45, 7) is -0.155. The van der Waals surface area contributed by atoms with Crippen LogP contribution in [-0.4, -0.2) is 40.3 Å². The van der Waals surface area contributed by atoms with Crippen molar-refractivity contribution in [2.75, 3.05) is 6.54 Å². The zero-order chi connectivity index (χ0) is 16.0. The number of carbonyl (C=O) groups excluding carboxylic acids is 2. The van der Waals surface area contributed by atoms with Gasteiger partial charge in [-0.1, -0.05) is 12.2 Å². The highest BCUT2D eigenvalue weighted by molar-refractivity contribution is 5.94. The molecule has 1 rings (SSSR count). The van der Waals surface area contributed by atoms with E-state index in [4.69, 9.17) is 15.9 Å². The fourth-order valence-corrected chi connectivity index (χ4v) is 2.46. The zero-order valence-corrected chi connectivity index (χ0v) is 11.5. The van der Waals surface area contributed by atoms with Gasteiger partial charge in [0, 0.05) is 24.7 Å². The number of ketones is 2. The molecule has 116 valence electrons. The summed E-state index contributed by atoms with van der Waals surface area (Å²) < 4.78 is 0. The minimum Gasteiger partial charge on any atom is -0.481 e. The van der Waals surface area contributed by atoms with E-state index in [9.17, 15) is 19.2 Å². The van der Waals surface area contributed by atoms with E-state index in [2.05, 4.69) is 0 Å². The number of hydrogen-bond acceptors (Lipinski definition) is 5. The van der Waals surface area contributed by atoms with Crippen LogP contribution in [0.4, 0.5) is 0 Å². The van der Waals surface area contributed by atoms with Gasteiger partial charge in [0.05, 0.1) is 12.5 Å². The summed E-state index contributed by atoms with van der Waals surface area (Å²) in [5.74, 6) is -5.09. The summed E-state index contributed by atoms with van der Waals surface area (Å²) in [6.07, 6.45) is 3.06. The number of rotatable bonds is 9. The van der Waals surface area contributed by atoms with Crippen molar-refractivity contribution in [1.82, 2.24) is 0 Å². The molecular formula is C14H19NO6. The number of allylic oxidation sites excluding steroid dienone is 2. The Morgan fingerprint density at radius 3 is 2.38 bits per heavy atom. The molecule has 0 spiro atoms. The lowest BCUT2D eigenvalue weighted by Crippen LogP contribution is -2.32. The van der Waals surface area contributed by atoms with Gasteiger partial charge in [0.15, 0.2) is 5.78 Å². The highest BCUT2D eigenvalue weighted by atomic mass is 16.4. The normalized spacial score (nSPS) is 22.0. The highest BCUT2D eigenvalue weighted by Crippen LogP contribution is 2.29. The van der Waals surface area contributed by atoms with Gasteiger partial charge in [-0.2, -0.15) is 0 Å². The second-order valence-corrected chi connectivity index (χ2v) is 5.10. The van der Waals surface area contributed by atoms with Crippen LogP contribution in [-0.2, 0) is 19.2 Å². The molecule has 1 aliphatic carbocycles. The van der Waals surface area contributed by atoms with Gasteiger partial charge in [-0.25, -0.2) is 0 Å². The summed E-state index contributed by atoms with van der Waals surface area (Å²) in [5.41, 5.74) is 5.30. The summed E-state index contributed by atoms with van der Waals surface area (Å²) in [4.78, 5) is 45.4. The van der Waals surface area contributed by atoms with Crippen LogP contribution < -0.4 is 5.73 Å². The minimum absolute atomic E-state index is 0.109. The molecule has 0 amide bonds. The summed E-state index contributed by atoms with van der Waals surface area (Å²) in [7, 11) is 0. The van der Waals surface area contributed by atoms with Gasteiger partial charge in [-0.15, -0.1) is 0 Å². The molecule has 0 aromatic rings. The monoisotopic (exact) mass is 297 g/mol. The number of carboxylic acids is 2. The smallest absolute Gasteiger partial charge is 0.306 e. The summed E-state index contributed by atoms with van der Waals surface area (Å²) in [6, 6.07) is 0. The van der Waals surface area contributed by atoms with E-state index in [1.807, 2.05) is 0 Å². The first kappa shape index (κ1) is 17.0. The third-order valence-electron chi connectivity index (χ3n) is 3.66. The molecule has 0 fully saturated rings. The third kappa shape index (κ3) is 4.78. The van der Waals surface area contributed by atoms with Crippen molar-refractivity contribution in [3.8, 4) is 0 Å². The van der Waals surface area contributed by atoms with Crippen LogP contribution in [0.5, 0.6) is 0 Å². The van der Waals surface area contributed by atoms with Crippen molar-refractivity contribution in [3.05, 3.63) is 12.2 Å². The zero-order valence-electron chi connectivity index (χ0n) is 11.5. The molecule has 3 atom stereocenters. The molecule has 7 nitrogen and oxygen atoms in total. The quantitative estimate of drug-likeness (QED) is 0.518. The minimum atomic E-state index is -1.20. The van der Waals surface area contributed by atoms with Gasteiger partial charge < -0.3 is 15.9 Å². The van der Waals surface area contributed by atoms with Crippen molar-refractivity contribution < 1.29 is 29.4 Å². The van der Waals surface area contributed by atoms with Crippen molar-refractivity contribution >= 4 is 23.5 Å². The first-order chi connectivity index (χ1) is 9.86. The standard InChI is InChI=1S/C14H19NO6/c15-7-12(17)10-3-1-2-9(10)11(16)6-8(14(20)21)4-5-13(18)19/h1-2,8-10H,3-7,15H2,(H,18,19)(H,20,21)/t8-,9-,10?/m1/s1. The van der Waals surface area contributed by atoms with Crippen LogP contribution >= 0.6 is 0 Å². The average Bonchev–Trinajstić information content (AvgIpc) is 2.91.